The SMILES string of the molecule is O=C(NCCCC(=O)N1Cc2ccccc2C1)NCc1nccs1. The fourth-order valence-electron chi connectivity index (χ4n) is 2.67. The lowest BCUT2D eigenvalue weighted by Crippen LogP contribution is -2.36. The van der Waals surface area contributed by atoms with Crippen LogP contribution in [-0.4, -0.2) is 28.4 Å². The van der Waals surface area contributed by atoms with E-state index in [0.717, 1.165) is 5.01 Å². The quantitative estimate of drug-likeness (QED) is 0.790. The van der Waals surface area contributed by atoms with Crippen LogP contribution in [0.15, 0.2) is 35.8 Å². The van der Waals surface area contributed by atoms with E-state index < -0.39 is 0 Å². The number of benzene rings is 1. The van der Waals surface area contributed by atoms with Gasteiger partial charge in [0.1, 0.15) is 5.01 Å². The summed E-state index contributed by atoms with van der Waals surface area (Å²) < 4.78 is 0. The maximum absolute atomic E-state index is 12.2. The Morgan fingerprint density at radius 3 is 2.58 bits per heavy atom. The zero-order chi connectivity index (χ0) is 16.8. The first-order valence-corrected chi connectivity index (χ1v) is 8.85. The van der Waals surface area contributed by atoms with Crippen LogP contribution in [0, 0.1) is 0 Å². The van der Waals surface area contributed by atoms with Gasteiger partial charge in [0.2, 0.25) is 5.91 Å². The van der Waals surface area contributed by atoms with Crippen molar-refractivity contribution < 1.29 is 9.59 Å². The molecule has 2 aromatic rings. The molecule has 126 valence electrons. The lowest BCUT2D eigenvalue weighted by Gasteiger charge is -2.15. The Morgan fingerprint density at radius 1 is 1.17 bits per heavy atom. The van der Waals surface area contributed by atoms with Gasteiger partial charge in [0.15, 0.2) is 0 Å². The van der Waals surface area contributed by atoms with Crippen LogP contribution in [0.2, 0.25) is 0 Å². The van der Waals surface area contributed by atoms with Gasteiger partial charge in [-0.1, -0.05) is 24.3 Å². The summed E-state index contributed by atoms with van der Waals surface area (Å²) in [6.07, 6.45) is 2.79. The van der Waals surface area contributed by atoms with Crippen LogP contribution in [-0.2, 0) is 24.4 Å². The molecule has 0 fully saturated rings. The predicted molar refractivity (Wildman–Crippen MR) is 92.3 cm³/mol. The van der Waals surface area contributed by atoms with Gasteiger partial charge in [-0.3, -0.25) is 4.79 Å². The normalized spacial score (nSPS) is 12.8. The van der Waals surface area contributed by atoms with Gasteiger partial charge in [0, 0.05) is 37.6 Å². The van der Waals surface area contributed by atoms with Gasteiger partial charge in [0.05, 0.1) is 6.54 Å². The lowest BCUT2D eigenvalue weighted by atomic mass is 10.1. The number of hydrogen-bond donors (Lipinski definition) is 2. The molecule has 24 heavy (non-hydrogen) atoms. The second-order valence-electron chi connectivity index (χ2n) is 5.66. The number of aromatic nitrogens is 1. The molecular formula is C17H20N4O2S. The van der Waals surface area contributed by atoms with Gasteiger partial charge < -0.3 is 15.5 Å². The number of carbonyl (C=O) groups is 2. The molecule has 1 aromatic carbocycles. The van der Waals surface area contributed by atoms with Gasteiger partial charge in [-0.2, -0.15) is 0 Å². The van der Waals surface area contributed by atoms with E-state index in [4.69, 9.17) is 0 Å². The van der Waals surface area contributed by atoms with Gasteiger partial charge in [0.25, 0.3) is 0 Å². The monoisotopic (exact) mass is 344 g/mol. The first-order valence-electron chi connectivity index (χ1n) is 7.97. The van der Waals surface area contributed by atoms with Gasteiger partial charge in [-0.25, -0.2) is 9.78 Å². The van der Waals surface area contributed by atoms with E-state index in [9.17, 15) is 9.59 Å². The minimum atomic E-state index is -0.230. The molecule has 2 heterocycles. The number of urea groups is 1. The Labute approximate surface area is 144 Å². The molecule has 0 atom stereocenters. The summed E-state index contributed by atoms with van der Waals surface area (Å²) in [5.41, 5.74) is 2.45. The highest BCUT2D eigenvalue weighted by molar-refractivity contribution is 7.09. The Balaban J connectivity index is 1.31. The largest absolute Gasteiger partial charge is 0.338 e. The van der Waals surface area contributed by atoms with Crippen molar-refractivity contribution in [3.63, 3.8) is 0 Å². The summed E-state index contributed by atoms with van der Waals surface area (Å²) in [6, 6.07) is 7.90. The Hall–Kier alpha value is -2.41. The van der Waals surface area contributed by atoms with Crippen molar-refractivity contribution in [2.45, 2.75) is 32.5 Å². The van der Waals surface area contributed by atoms with Gasteiger partial charge in [-0.05, 0) is 17.5 Å². The van der Waals surface area contributed by atoms with Crippen LogP contribution < -0.4 is 10.6 Å². The third-order valence-electron chi connectivity index (χ3n) is 3.93. The second kappa shape index (κ2) is 7.92. The Morgan fingerprint density at radius 2 is 1.92 bits per heavy atom. The maximum atomic E-state index is 12.2. The van der Waals surface area contributed by atoms with E-state index in [1.165, 1.54) is 22.5 Å². The van der Waals surface area contributed by atoms with Crippen LogP contribution >= 0.6 is 11.3 Å². The molecule has 3 rings (SSSR count). The first kappa shape index (κ1) is 16.4. The van der Waals surface area contributed by atoms with Gasteiger partial charge in [-0.15, -0.1) is 11.3 Å². The molecule has 7 heteroatoms. The van der Waals surface area contributed by atoms with Crippen LogP contribution in [0.25, 0.3) is 0 Å². The van der Waals surface area contributed by atoms with E-state index >= 15 is 0 Å². The maximum Gasteiger partial charge on any atom is 0.315 e. The Bertz CT molecular complexity index is 677. The summed E-state index contributed by atoms with van der Waals surface area (Å²) in [6.45, 7) is 2.29. The molecule has 3 amide bonds. The van der Waals surface area contributed by atoms with E-state index in [1.807, 2.05) is 22.4 Å². The number of rotatable bonds is 6. The van der Waals surface area contributed by atoms with Gasteiger partial charge >= 0.3 is 6.03 Å². The van der Waals surface area contributed by atoms with Crippen molar-refractivity contribution >= 4 is 23.3 Å². The first-order chi connectivity index (χ1) is 11.7. The van der Waals surface area contributed by atoms with E-state index in [-0.39, 0.29) is 11.9 Å². The molecule has 0 spiro atoms. The third-order valence-corrected chi connectivity index (χ3v) is 4.71. The highest BCUT2D eigenvalue weighted by Crippen LogP contribution is 2.22. The molecule has 1 aliphatic heterocycles. The molecule has 0 aliphatic carbocycles. The molecule has 0 saturated heterocycles. The molecule has 0 saturated carbocycles. The van der Waals surface area contributed by atoms with Crippen LogP contribution in [0.4, 0.5) is 4.79 Å². The van der Waals surface area contributed by atoms with Crippen molar-refractivity contribution in [1.82, 2.24) is 20.5 Å². The summed E-state index contributed by atoms with van der Waals surface area (Å²) in [5, 5.41) is 8.25. The van der Waals surface area contributed by atoms with E-state index in [2.05, 4.69) is 27.8 Å². The summed E-state index contributed by atoms with van der Waals surface area (Å²) in [7, 11) is 0. The molecule has 1 aliphatic rings. The Kier molecular flexibility index (Phi) is 5.43. The standard InChI is InChI=1S/C17H20N4O2S/c22-16(21-11-13-4-1-2-5-14(13)12-21)6-3-7-19-17(23)20-10-15-18-8-9-24-15/h1-2,4-5,8-9H,3,6-7,10-12H2,(H2,19,20,23). The van der Waals surface area contributed by atoms with E-state index in [1.54, 1.807) is 6.20 Å². The third kappa shape index (κ3) is 4.32. The van der Waals surface area contributed by atoms with Crippen molar-refractivity contribution in [2.75, 3.05) is 6.54 Å². The summed E-state index contributed by atoms with van der Waals surface area (Å²) >= 11 is 1.50. The van der Waals surface area contributed by atoms with Crippen molar-refractivity contribution in [1.29, 1.82) is 0 Å². The molecule has 6 nitrogen and oxygen atoms in total. The number of amides is 3. The number of fused-ring (bicyclic) bond motifs is 1. The fourth-order valence-corrected chi connectivity index (χ4v) is 3.22. The minimum absolute atomic E-state index is 0.135. The fraction of sp³-hybridized carbons (Fsp3) is 0.353. The smallest absolute Gasteiger partial charge is 0.315 e. The topological polar surface area (TPSA) is 74.3 Å². The summed E-state index contributed by atoms with van der Waals surface area (Å²) in [5.74, 6) is 0.135. The zero-order valence-corrected chi connectivity index (χ0v) is 14.1. The highest BCUT2D eigenvalue weighted by atomic mass is 32.1. The van der Waals surface area contributed by atoms with Crippen LogP contribution in [0.5, 0.6) is 0 Å². The number of hydrogen-bond acceptors (Lipinski definition) is 4. The predicted octanol–water partition coefficient (Wildman–Crippen LogP) is 2.26. The molecule has 1 aromatic heterocycles. The average molecular weight is 344 g/mol. The van der Waals surface area contributed by atoms with E-state index in [0.29, 0.717) is 39.0 Å². The molecule has 0 radical (unpaired) electrons. The number of thiazole rings is 1. The van der Waals surface area contributed by atoms with Crippen LogP contribution in [0.1, 0.15) is 29.0 Å². The van der Waals surface area contributed by atoms with Crippen molar-refractivity contribution in [3.05, 3.63) is 52.0 Å². The molecule has 0 bridgehead atoms. The summed E-state index contributed by atoms with van der Waals surface area (Å²) in [4.78, 5) is 29.8. The number of nitrogens with zero attached hydrogens (tertiary/aromatic N) is 2. The molecule has 2 N–H and O–H groups in total. The molecular weight excluding hydrogens is 324 g/mol. The van der Waals surface area contributed by atoms with Crippen molar-refractivity contribution in [3.8, 4) is 0 Å². The highest BCUT2D eigenvalue weighted by Gasteiger charge is 2.22. The number of carbonyl (C=O) groups excluding carboxylic acids is 2. The average Bonchev–Trinajstić information content (AvgIpc) is 3.25. The molecule has 0 unspecified atom stereocenters. The van der Waals surface area contributed by atoms with Crippen molar-refractivity contribution in [2.24, 2.45) is 0 Å². The number of nitrogens with one attached hydrogen (secondary N) is 2. The lowest BCUT2D eigenvalue weighted by molar-refractivity contribution is -0.131. The zero-order valence-electron chi connectivity index (χ0n) is 13.3. The minimum Gasteiger partial charge on any atom is -0.338 e. The van der Waals surface area contributed by atoms with Crippen LogP contribution in [0.3, 0.4) is 0 Å². The second-order valence-corrected chi connectivity index (χ2v) is 6.64.